The van der Waals surface area contributed by atoms with Crippen LogP contribution in [-0.2, 0) is 6.54 Å². The van der Waals surface area contributed by atoms with Crippen LogP contribution in [0.25, 0.3) is 0 Å². The fraction of sp³-hybridized carbons (Fsp3) is 0.235. The second-order valence-electron chi connectivity index (χ2n) is 5.51. The Labute approximate surface area is 146 Å². The van der Waals surface area contributed by atoms with Crippen molar-refractivity contribution in [2.75, 3.05) is 6.61 Å². The van der Waals surface area contributed by atoms with Gasteiger partial charge in [0.1, 0.15) is 11.3 Å². The average molecular weight is 368 g/mol. The molecule has 9 heteroatoms. The standard InChI is InChI=1S/C17H15F3N2O4/c1-11-2-4-12(5-3-11)9-21-16(23)14-8-13(26-10-17(18,19)20)6-7-15(14)22(24)25/h2-8H,9-10H2,1H3,(H,21,23). The van der Waals surface area contributed by atoms with E-state index in [0.717, 1.165) is 29.3 Å². The largest absolute Gasteiger partial charge is 0.484 e. The summed E-state index contributed by atoms with van der Waals surface area (Å²) in [6.07, 6.45) is -4.56. The molecule has 138 valence electrons. The van der Waals surface area contributed by atoms with Crippen molar-refractivity contribution in [3.05, 3.63) is 69.3 Å². The number of carbonyl (C=O) groups excluding carboxylic acids is 1. The monoisotopic (exact) mass is 368 g/mol. The van der Waals surface area contributed by atoms with Crippen molar-refractivity contribution in [2.45, 2.75) is 19.6 Å². The number of nitro groups is 1. The zero-order chi connectivity index (χ0) is 19.3. The molecular formula is C17H15F3N2O4. The molecule has 0 aliphatic rings. The van der Waals surface area contributed by atoms with Crippen LogP contribution in [0.5, 0.6) is 5.75 Å². The first kappa shape index (κ1) is 19.2. The average Bonchev–Trinajstić information content (AvgIpc) is 2.58. The van der Waals surface area contributed by atoms with E-state index < -0.39 is 29.3 Å². The zero-order valence-electron chi connectivity index (χ0n) is 13.7. The highest BCUT2D eigenvalue weighted by atomic mass is 19.4. The second-order valence-corrected chi connectivity index (χ2v) is 5.51. The lowest BCUT2D eigenvalue weighted by molar-refractivity contribution is -0.385. The number of benzene rings is 2. The number of hydrogen-bond acceptors (Lipinski definition) is 4. The molecule has 6 nitrogen and oxygen atoms in total. The molecule has 0 atom stereocenters. The van der Waals surface area contributed by atoms with Crippen LogP contribution in [0.15, 0.2) is 42.5 Å². The summed E-state index contributed by atoms with van der Waals surface area (Å²) in [5.74, 6) is -1.07. The number of amides is 1. The fourth-order valence-electron chi connectivity index (χ4n) is 2.09. The molecule has 0 saturated heterocycles. The summed E-state index contributed by atoms with van der Waals surface area (Å²) >= 11 is 0. The molecule has 0 fully saturated rings. The van der Waals surface area contributed by atoms with Crippen molar-refractivity contribution in [3.63, 3.8) is 0 Å². The molecule has 26 heavy (non-hydrogen) atoms. The van der Waals surface area contributed by atoms with Crippen LogP contribution in [0.2, 0.25) is 0 Å². The van der Waals surface area contributed by atoms with Crippen LogP contribution < -0.4 is 10.1 Å². The topological polar surface area (TPSA) is 81.5 Å². The molecule has 2 rings (SSSR count). The van der Waals surface area contributed by atoms with Gasteiger partial charge in [0.2, 0.25) is 0 Å². The molecule has 0 spiro atoms. The Morgan fingerprint density at radius 2 is 1.85 bits per heavy atom. The van der Waals surface area contributed by atoms with Gasteiger partial charge in [-0.1, -0.05) is 29.8 Å². The summed E-state index contributed by atoms with van der Waals surface area (Å²) in [5.41, 5.74) is 0.911. The summed E-state index contributed by atoms with van der Waals surface area (Å²) < 4.78 is 41.2. The van der Waals surface area contributed by atoms with E-state index in [4.69, 9.17) is 0 Å². The molecule has 0 aliphatic carbocycles. The molecule has 0 bridgehead atoms. The van der Waals surface area contributed by atoms with Gasteiger partial charge in [-0.15, -0.1) is 0 Å². The normalized spacial score (nSPS) is 11.1. The maximum atomic E-state index is 12.3. The minimum atomic E-state index is -4.56. The molecule has 2 aromatic rings. The SMILES string of the molecule is Cc1ccc(CNC(=O)c2cc(OCC(F)(F)F)ccc2[N+](=O)[O-])cc1. The summed E-state index contributed by atoms with van der Waals surface area (Å²) in [5, 5.41) is 13.6. The third kappa shape index (κ3) is 5.47. The van der Waals surface area contributed by atoms with Crippen molar-refractivity contribution in [3.8, 4) is 5.75 Å². The van der Waals surface area contributed by atoms with Crippen molar-refractivity contribution in [2.24, 2.45) is 0 Å². The van der Waals surface area contributed by atoms with E-state index in [9.17, 15) is 28.1 Å². The maximum Gasteiger partial charge on any atom is 0.422 e. The molecule has 1 amide bonds. The Hall–Kier alpha value is -3.10. The minimum absolute atomic E-state index is 0.115. The van der Waals surface area contributed by atoms with Crippen LogP contribution in [0.4, 0.5) is 18.9 Å². The van der Waals surface area contributed by atoms with E-state index in [1.165, 1.54) is 0 Å². The van der Waals surface area contributed by atoms with Crippen molar-refractivity contribution >= 4 is 11.6 Å². The van der Waals surface area contributed by atoms with Gasteiger partial charge in [-0.25, -0.2) is 0 Å². The van der Waals surface area contributed by atoms with Crippen LogP contribution in [0.3, 0.4) is 0 Å². The molecule has 0 heterocycles. The quantitative estimate of drug-likeness (QED) is 0.622. The Morgan fingerprint density at radius 1 is 1.19 bits per heavy atom. The van der Waals surface area contributed by atoms with Gasteiger partial charge in [-0.05, 0) is 24.6 Å². The lowest BCUT2D eigenvalue weighted by Crippen LogP contribution is -2.24. The number of halogens is 3. The molecule has 0 aromatic heterocycles. The van der Waals surface area contributed by atoms with Gasteiger partial charge < -0.3 is 10.1 Å². The van der Waals surface area contributed by atoms with Gasteiger partial charge in [0, 0.05) is 12.6 Å². The van der Waals surface area contributed by atoms with Crippen molar-refractivity contribution < 1.29 is 27.6 Å². The predicted molar refractivity (Wildman–Crippen MR) is 87.0 cm³/mol. The van der Waals surface area contributed by atoms with Crippen LogP contribution >= 0.6 is 0 Å². The van der Waals surface area contributed by atoms with Gasteiger partial charge >= 0.3 is 6.18 Å². The zero-order valence-corrected chi connectivity index (χ0v) is 13.7. The first-order chi connectivity index (χ1) is 12.2. The maximum absolute atomic E-state index is 12.3. The minimum Gasteiger partial charge on any atom is -0.484 e. The van der Waals surface area contributed by atoms with Gasteiger partial charge in [0.25, 0.3) is 11.6 Å². The summed E-state index contributed by atoms with van der Waals surface area (Å²) in [7, 11) is 0. The Morgan fingerprint density at radius 3 is 2.42 bits per heavy atom. The Bertz CT molecular complexity index is 805. The van der Waals surface area contributed by atoms with Gasteiger partial charge in [-0.3, -0.25) is 14.9 Å². The van der Waals surface area contributed by atoms with E-state index >= 15 is 0 Å². The summed E-state index contributed by atoms with van der Waals surface area (Å²) in [6, 6.07) is 10.1. The number of ether oxygens (including phenoxy) is 1. The Kier molecular flexibility index (Phi) is 5.81. The number of aryl methyl sites for hydroxylation is 1. The first-order valence-electron chi connectivity index (χ1n) is 7.47. The third-order valence-electron chi connectivity index (χ3n) is 3.39. The molecule has 0 aliphatic heterocycles. The van der Waals surface area contributed by atoms with Gasteiger partial charge in [-0.2, -0.15) is 13.2 Å². The lowest BCUT2D eigenvalue weighted by Gasteiger charge is -2.11. The number of nitro benzene ring substituents is 1. The molecule has 0 saturated carbocycles. The second kappa shape index (κ2) is 7.85. The van der Waals surface area contributed by atoms with E-state index in [2.05, 4.69) is 10.1 Å². The first-order valence-corrected chi connectivity index (χ1v) is 7.47. The fourth-order valence-corrected chi connectivity index (χ4v) is 2.09. The molecule has 1 N–H and O–H groups in total. The highest BCUT2D eigenvalue weighted by Crippen LogP contribution is 2.26. The van der Waals surface area contributed by atoms with E-state index in [1.54, 1.807) is 12.1 Å². The number of nitrogens with one attached hydrogen (secondary N) is 1. The number of carbonyl (C=O) groups is 1. The summed E-state index contributed by atoms with van der Waals surface area (Å²) in [6.45, 7) is 0.456. The highest BCUT2D eigenvalue weighted by Gasteiger charge is 2.29. The van der Waals surface area contributed by atoms with Gasteiger partial charge in [0.05, 0.1) is 4.92 Å². The molecule has 2 aromatic carbocycles. The number of rotatable bonds is 6. The van der Waals surface area contributed by atoms with Crippen molar-refractivity contribution in [1.82, 2.24) is 5.32 Å². The summed E-state index contributed by atoms with van der Waals surface area (Å²) in [4.78, 5) is 22.6. The number of alkyl halides is 3. The number of hydrogen-bond donors (Lipinski definition) is 1. The van der Waals surface area contributed by atoms with Crippen LogP contribution in [0, 0.1) is 17.0 Å². The lowest BCUT2D eigenvalue weighted by atomic mass is 10.1. The van der Waals surface area contributed by atoms with E-state index in [0.29, 0.717) is 0 Å². The smallest absolute Gasteiger partial charge is 0.422 e. The van der Waals surface area contributed by atoms with Crippen LogP contribution in [0.1, 0.15) is 21.5 Å². The Balaban J connectivity index is 2.16. The predicted octanol–water partition coefficient (Wildman–Crippen LogP) is 3.77. The highest BCUT2D eigenvalue weighted by molar-refractivity contribution is 5.98. The van der Waals surface area contributed by atoms with E-state index in [-0.39, 0.29) is 17.9 Å². The van der Waals surface area contributed by atoms with E-state index in [1.807, 2.05) is 19.1 Å². The molecule has 0 unspecified atom stereocenters. The molecule has 0 radical (unpaired) electrons. The number of nitrogens with zero attached hydrogens (tertiary/aromatic N) is 1. The van der Waals surface area contributed by atoms with Crippen LogP contribution in [-0.4, -0.2) is 23.6 Å². The van der Waals surface area contributed by atoms with Gasteiger partial charge in [0.15, 0.2) is 6.61 Å². The molecular weight excluding hydrogens is 353 g/mol. The van der Waals surface area contributed by atoms with Crippen molar-refractivity contribution in [1.29, 1.82) is 0 Å². The third-order valence-corrected chi connectivity index (χ3v) is 3.39.